The number of imidazole rings is 1. The third kappa shape index (κ3) is 2.95. The van der Waals surface area contributed by atoms with E-state index in [0.717, 1.165) is 56.8 Å². The van der Waals surface area contributed by atoms with Gasteiger partial charge in [0, 0.05) is 38.1 Å². The van der Waals surface area contributed by atoms with Crippen LogP contribution in [0.15, 0.2) is 24.5 Å². The Labute approximate surface area is 149 Å². The van der Waals surface area contributed by atoms with Gasteiger partial charge in [-0.3, -0.25) is 9.69 Å². The number of piperidine rings is 1. The predicted molar refractivity (Wildman–Crippen MR) is 98.3 cm³/mol. The van der Waals surface area contributed by atoms with E-state index >= 15 is 0 Å². The van der Waals surface area contributed by atoms with Crippen molar-refractivity contribution in [2.75, 3.05) is 19.6 Å². The SMILES string of the molecule is Cc1ccn2cc(CN3CC[C@@]4(CCCN(C(C)C)C4=O)C3)nc2c1. The van der Waals surface area contributed by atoms with Crippen molar-refractivity contribution in [1.29, 1.82) is 0 Å². The first kappa shape index (κ1) is 16.6. The Balaban J connectivity index is 1.49. The number of nitrogens with zero attached hydrogens (tertiary/aromatic N) is 4. The Hall–Kier alpha value is -1.88. The monoisotopic (exact) mass is 340 g/mol. The van der Waals surface area contributed by atoms with E-state index in [4.69, 9.17) is 4.98 Å². The third-order valence-corrected chi connectivity index (χ3v) is 5.88. The van der Waals surface area contributed by atoms with Crippen molar-refractivity contribution in [2.24, 2.45) is 5.41 Å². The average Bonchev–Trinajstić information content (AvgIpc) is 3.14. The fourth-order valence-electron chi connectivity index (χ4n) is 4.51. The lowest BCUT2D eigenvalue weighted by atomic mass is 9.78. The number of fused-ring (bicyclic) bond motifs is 1. The van der Waals surface area contributed by atoms with E-state index in [1.807, 2.05) is 0 Å². The topological polar surface area (TPSA) is 40.9 Å². The largest absolute Gasteiger partial charge is 0.340 e. The number of carbonyl (C=O) groups is 1. The summed E-state index contributed by atoms with van der Waals surface area (Å²) in [5.74, 6) is 0.377. The molecule has 0 saturated carbocycles. The number of aryl methyl sites for hydroxylation is 1. The summed E-state index contributed by atoms with van der Waals surface area (Å²) < 4.78 is 2.08. The average molecular weight is 340 g/mol. The first-order chi connectivity index (χ1) is 12.0. The quantitative estimate of drug-likeness (QED) is 0.863. The molecule has 4 heterocycles. The summed E-state index contributed by atoms with van der Waals surface area (Å²) in [5.41, 5.74) is 3.17. The zero-order valence-corrected chi connectivity index (χ0v) is 15.5. The van der Waals surface area contributed by atoms with Gasteiger partial charge in [-0.1, -0.05) is 0 Å². The van der Waals surface area contributed by atoms with Gasteiger partial charge in [-0.2, -0.15) is 0 Å². The van der Waals surface area contributed by atoms with E-state index in [9.17, 15) is 4.79 Å². The number of carbonyl (C=O) groups excluding carboxylic acids is 1. The lowest BCUT2D eigenvalue weighted by Crippen LogP contribution is -2.52. The van der Waals surface area contributed by atoms with E-state index in [1.54, 1.807) is 0 Å². The Morgan fingerprint density at radius 2 is 2.12 bits per heavy atom. The van der Waals surface area contributed by atoms with Crippen molar-refractivity contribution in [3.63, 3.8) is 0 Å². The molecule has 0 N–H and O–H groups in total. The van der Waals surface area contributed by atoms with Crippen LogP contribution < -0.4 is 0 Å². The molecule has 5 nitrogen and oxygen atoms in total. The standard InChI is InChI=1S/C20H28N4O/c1-15(2)24-8-4-6-20(19(24)25)7-10-22(14-20)12-17-13-23-9-5-16(3)11-18(23)21-17/h5,9,11,13,15H,4,6-8,10,12,14H2,1-3H3/t20-/m0/s1. The van der Waals surface area contributed by atoms with Crippen molar-refractivity contribution in [3.8, 4) is 0 Å². The fourth-order valence-corrected chi connectivity index (χ4v) is 4.51. The number of pyridine rings is 1. The maximum Gasteiger partial charge on any atom is 0.230 e. The zero-order chi connectivity index (χ0) is 17.6. The van der Waals surface area contributed by atoms with Crippen LogP contribution in [0.2, 0.25) is 0 Å². The van der Waals surface area contributed by atoms with Crippen molar-refractivity contribution in [3.05, 3.63) is 35.8 Å². The van der Waals surface area contributed by atoms with Gasteiger partial charge in [0.1, 0.15) is 5.65 Å². The van der Waals surface area contributed by atoms with Crippen molar-refractivity contribution in [2.45, 2.75) is 52.6 Å². The molecule has 2 aromatic rings. The minimum Gasteiger partial charge on any atom is -0.340 e. The van der Waals surface area contributed by atoms with Gasteiger partial charge in [0.05, 0.1) is 11.1 Å². The molecule has 2 fully saturated rings. The molecule has 5 heteroatoms. The third-order valence-electron chi connectivity index (χ3n) is 5.88. The molecule has 2 aromatic heterocycles. The number of rotatable bonds is 3. The molecule has 2 aliphatic heterocycles. The normalized spacial score (nSPS) is 25.0. The lowest BCUT2D eigenvalue weighted by Gasteiger charge is -2.41. The van der Waals surface area contributed by atoms with Crippen LogP contribution in [0.5, 0.6) is 0 Å². The zero-order valence-electron chi connectivity index (χ0n) is 15.5. The van der Waals surface area contributed by atoms with Gasteiger partial charge >= 0.3 is 0 Å². The van der Waals surface area contributed by atoms with Gasteiger partial charge < -0.3 is 9.30 Å². The van der Waals surface area contributed by atoms with Crippen molar-refractivity contribution >= 4 is 11.6 Å². The highest BCUT2D eigenvalue weighted by Crippen LogP contribution is 2.41. The van der Waals surface area contributed by atoms with E-state index < -0.39 is 0 Å². The van der Waals surface area contributed by atoms with Gasteiger partial charge in [-0.25, -0.2) is 4.98 Å². The molecule has 0 radical (unpaired) electrons. The molecule has 0 unspecified atom stereocenters. The second kappa shape index (κ2) is 6.13. The molecule has 0 aliphatic carbocycles. The van der Waals surface area contributed by atoms with E-state index in [0.29, 0.717) is 11.9 Å². The Morgan fingerprint density at radius 1 is 1.28 bits per heavy atom. The van der Waals surface area contributed by atoms with Crippen LogP contribution in [0.3, 0.4) is 0 Å². The molecule has 0 bridgehead atoms. The Kier molecular flexibility index (Phi) is 4.07. The number of hydrogen-bond acceptors (Lipinski definition) is 3. The van der Waals surface area contributed by atoms with Crippen LogP contribution in [0.4, 0.5) is 0 Å². The highest BCUT2D eigenvalue weighted by molar-refractivity contribution is 5.84. The summed E-state index contributed by atoms with van der Waals surface area (Å²) in [4.78, 5) is 22.3. The van der Waals surface area contributed by atoms with Gasteiger partial charge in [0.15, 0.2) is 0 Å². The molecule has 2 saturated heterocycles. The Bertz CT molecular complexity index is 796. The summed E-state index contributed by atoms with van der Waals surface area (Å²) in [7, 11) is 0. The highest BCUT2D eigenvalue weighted by Gasteiger charge is 2.48. The van der Waals surface area contributed by atoms with Crippen molar-refractivity contribution < 1.29 is 4.79 Å². The molecule has 134 valence electrons. The molecule has 1 amide bonds. The number of hydrogen-bond donors (Lipinski definition) is 0. The molecule has 0 aromatic carbocycles. The molecular weight excluding hydrogens is 312 g/mol. The molecule has 1 spiro atoms. The first-order valence-corrected chi connectivity index (χ1v) is 9.45. The molecule has 25 heavy (non-hydrogen) atoms. The van der Waals surface area contributed by atoms with Gasteiger partial charge in [-0.05, 0) is 64.3 Å². The summed E-state index contributed by atoms with van der Waals surface area (Å²) in [6.45, 7) is 9.96. The van der Waals surface area contributed by atoms with Crippen LogP contribution in [0.25, 0.3) is 5.65 Å². The van der Waals surface area contributed by atoms with Gasteiger partial charge in [-0.15, -0.1) is 0 Å². The highest BCUT2D eigenvalue weighted by atomic mass is 16.2. The van der Waals surface area contributed by atoms with Crippen LogP contribution in [-0.2, 0) is 11.3 Å². The second-order valence-electron chi connectivity index (χ2n) is 8.14. The minimum atomic E-state index is -0.154. The molecule has 4 rings (SSSR count). The van der Waals surface area contributed by atoms with Gasteiger partial charge in [0.2, 0.25) is 5.91 Å². The first-order valence-electron chi connectivity index (χ1n) is 9.45. The number of amides is 1. The van der Waals surface area contributed by atoms with Gasteiger partial charge in [0.25, 0.3) is 0 Å². The van der Waals surface area contributed by atoms with E-state index in [-0.39, 0.29) is 5.41 Å². The van der Waals surface area contributed by atoms with Crippen molar-refractivity contribution in [1.82, 2.24) is 19.2 Å². The number of aromatic nitrogens is 2. The minimum absolute atomic E-state index is 0.154. The van der Waals surface area contributed by atoms with E-state index in [2.05, 4.69) is 59.5 Å². The predicted octanol–water partition coefficient (Wildman–Crippen LogP) is 2.87. The molecular formula is C20H28N4O. The molecule has 2 aliphatic rings. The smallest absolute Gasteiger partial charge is 0.230 e. The lowest BCUT2D eigenvalue weighted by molar-refractivity contribution is -0.147. The summed E-state index contributed by atoms with van der Waals surface area (Å²) in [6, 6.07) is 4.52. The van der Waals surface area contributed by atoms with E-state index in [1.165, 1.54) is 5.56 Å². The van der Waals surface area contributed by atoms with Crippen LogP contribution >= 0.6 is 0 Å². The maximum absolute atomic E-state index is 13.0. The van der Waals surface area contributed by atoms with Crippen LogP contribution in [-0.4, -0.2) is 50.8 Å². The maximum atomic E-state index is 13.0. The van der Waals surface area contributed by atoms with Crippen LogP contribution in [0.1, 0.15) is 44.4 Å². The summed E-state index contributed by atoms with van der Waals surface area (Å²) in [6.07, 6.45) is 7.34. The van der Waals surface area contributed by atoms with Crippen LogP contribution in [0, 0.1) is 12.3 Å². The Morgan fingerprint density at radius 3 is 2.92 bits per heavy atom. The summed E-state index contributed by atoms with van der Waals surface area (Å²) >= 11 is 0. The number of likely N-dealkylation sites (tertiary alicyclic amines) is 2. The summed E-state index contributed by atoms with van der Waals surface area (Å²) in [5, 5.41) is 0. The molecule has 1 atom stereocenters. The fraction of sp³-hybridized carbons (Fsp3) is 0.600. The second-order valence-corrected chi connectivity index (χ2v) is 8.14.